The number of aliphatic carboxylic acids is 1. The molecule has 0 aliphatic heterocycles. The fourth-order valence-electron chi connectivity index (χ4n) is 2.44. The minimum atomic E-state index is -1.15. The predicted octanol–water partition coefficient (Wildman–Crippen LogP) is 0.982. The lowest BCUT2D eigenvalue weighted by molar-refractivity contribution is -0.140. The van der Waals surface area contributed by atoms with Crippen LogP contribution in [0.3, 0.4) is 0 Å². The van der Waals surface area contributed by atoms with Crippen LogP contribution < -0.4 is 11.1 Å². The molecule has 1 amide bonds. The topological polar surface area (TPSA) is 92.4 Å². The average Bonchev–Trinajstić information content (AvgIpc) is 2.39. The van der Waals surface area contributed by atoms with Crippen LogP contribution in [0.2, 0.25) is 0 Å². The van der Waals surface area contributed by atoms with Crippen LogP contribution in [0.1, 0.15) is 36.4 Å². The van der Waals surface area contributed by atoms with Gasteiger partial charge in [0.15, 0.2) is 0 Å². The molecule has 2 rings (SSSR count). The Morgan fingerprint density at radius 1 is 1.42 bits per heavy atom. The minimum absolute atomic E-state index is 0.0292. The molecule has 0 saturated heterocycles. The lowest BCUT2D eigenvalue weighted by atomic mass is 9.87. The van der Waals surface area contributed by atoms with Gasteiger partial charge in [-0.2, -0.15) is 0 Å². The van der Waals surface area contributed by atoms with Crippen molar-refractivity contribution in [3.05, 3.63) is 35.4 Å². The van der Waals surface area contributed by atoms with Crippen molar-refractivity contribution in [3.63, 3.8) is 0 Å². The molecule has 0 saturated carbocycles. The Hall–Kier alpha value is -1.88. The number of carboxylic acids is 1. The van der Waals surface area contributed by atoms with Gasteiger partial charge in [-0.3, -0.25) is 9.59 Å². The molecule has 1 aromatic rings. The average molecular weight is 262 g/mol. The van der Waals surface area contributed by atoms with Gasteiger partial charge in [0.05, 0.1) is 12.5 Å². The summed E-state index contributed by atoms with van der Waals surface area (Å²) in [5, 5.41) is 11.6. The third-order valence-corrected chi connectivity index (χ3v) is 3.43. The van der Waals surface area contributed by atoms with Gasteiger partial charge in [-0.25, -0.2) is 0 Å². The summed E-state index contributed by atoms with van der Waals surface area (Å²) in [6.07, 6.45) is 2.74. The number of hydrogen-bond acceptors (Lipinski definition) is 3. The molecule has 0 radical (unpaired) electrons. The van der Waals surface area contributed by atoms with Crippen molar-refractivity contribution < 1.29 is 14.7 Å². The minimum Gasteiger partial charge on any atom is -0.480 e. The molecular weight excluding hydrogens is 244 g/mol. The fraction of sp³-hybridized carbons (Fsp3) is 0.429. The summed E-state index contributed by atoms with van der Waals surface area (Å²) < 4.78 is 0. The van der Waals surface area contributed by atoms with Gasteiger partial charge in [-0.15, -0.1) is 0 Å². The maximum absolute atomic E-state index is 11.8. The highest BCUT2D eigenvalue weighted by molar-refractivity contribution is 5.84. The Labute approximate surface area is 111 Å². The van der Waals surface area contributed by atoms with Gasteiger partial charge < -0.3 is 16.2 Å². The van der Waals surface area contributed by atoms with E-state index in [9.17, 15) is 9.59 Å². The third-order valence-electron chi connectivity index (χ3n) is 3.43. The molecule has 1 aromatic carbocycles. The van der Waals surface area contributed by atoms with Gasteiger partial charge in [0.1, 0.15) is 6.04 Å². The molecule has 2 atom stereocenters. The first kappa shape index (κ1) is 13.5. The Balaban J connectivity index is 2.01. The van der Waals surface area contributed by atoms with Gasteiger partial charge >= 0.3 is 5.97 Å². The Morgan fingerprint density at radius 3 is 2.89 bits per heavy atom. The second-order valence-electron chi connectivity index (χ2n) is 4.86. The molecule has 1 aliphatic rings. The van der Waals surface area contributed by atoms with Crippen LogP contribution in [0.25, 0.3) is 0 Å². The van der Waals surface area contributed by atoms with E-state index in [0.29, 0.717) is 0 Å². The molecule has 0 heterocycles. The zero-order valence-electron chi connectivity index (χ0n) is 10.6. The summed E-state index contributed by atoms with van der Waals surface area (Å²) in [4.78, 5) is 22.4. The summed E-state index contributed by atoms with van der Waals surface area (Å²) in [6, 6.07) is 6.85. The maximum atomic E-state index is 11.8. The number of rotatable bonds is 4. The maximum Gasteiger partial charge on any atom is 0.321 e. The van der Waals surface area contributed by atoms with Gasteiger partial charge in [0.2, 0.25) is 5.91 Å². The van der Waals surface area contributed by atoms with Crippen molar-refractivity contribution in [1.82, 2.24) is 5.32 Å². The summed E-state index contributed by atoms with van der Waals surface area (Å²) >= 11 is 0. The van der Waals surface area contributed by atoms with Gasteiger partial charge in [0.25, 0.3) is 0 Å². The van der Waals surface area contributed by atoms with Crippen molar-refractivity contribution in [3.8, 4) is 0 Å². The SMILES string of the molecule is N[C@@H](CC(=O)NC1CCCc2ccccc21)C(=O)O. The number of carbonyl (C=O) groups is 2. The van der Waals surface area contributed by atoms with Crippen LogP contribution in [0.15, 0.2) is 24.3 Å². The monoisotopic (exact) mass is 262 g/mol. The van der Waals surface area contributed by atoms with Crippen LogP contribution >= 0.6 is 0 Å². The molecule has 0 bridgehead atoms. The smallest absolute Gasteiger partial charge is 0.321 e. The number of nitrogens with one attached hydrogen (secondary N) is 1. The van der Waals surface area contributed by atoms with Crippen LogP contribution in [0.4, 0.5) is 0 Å². The standard InChI is InChI=1S/C14H18N2O3/c15-11(14(18)19)8-13(17)16-12-7-3-5-9-4-1-2-6-10(9)12/h1-2,4,6,11-12H,3,5,7-8,15H2,(H,16,17)(H,18,19)/t11-,12?/m0/s1. The Morgan fingerprint density at radius 2 is 2.16 bits per heavy atom. The number of fused-ring (bicyclic) bond motifs is 1. The number of carboxylic acid groups (broad SMARTS) is 1. The Bertz CT molecular complexity index is 487. The first-order chi connectivity index (χ1) is 9.08. The largest absolute Gasteiger partial charge is 0.480 e. The van der Waals surface area contributed by atoms with Crippen molar-refractivity contribution in [1.29, 1.82) is 0 Å². The van der Waals surface area contributed by atoms with Crippen LogP contribution in [0, 0.1) is 0 Å². The second kappa shape index (κ2) is 5.84. The van der Waals surface area contributed by atoms with E-state index in [4.69, 9.17) is 10.8 Å². The van der Waals surface area contributed by atoms with E-state index >= 15 is 0 Å². The molecule has 102 valence electrons. The first-order valence-corrected chi connectivity index (χ1v) is 6.43. The van der Waals surface area contributed by atoms with E-state index < -0.39 is 12.0 Å². The number of benzene rings is 1. The number of hydrogen-bond donors (Lipinski definition) is 3. The van der Waals surface area contributed by atoms with E-state index in [1.165, 1.54) is 5.56 Å². The number of amides is 1. The van der Waals surface area contributed by atoms with Crippen LogP contribution in [-0.2, 0) is 16.0 Å². The molecule has 4 N–H and O–H groups in total. The van der Waals surface area contributed by atoms with Gasteiger partial charge in [0, 0.05) is 0 Å². The molecule has 1 unspecified atom stereocenters. The van der Waals surface area contributed by atoms with Crippen molar-refractivity contribution in [2.75, 3.05) is 0 Å². The number of aryl methyl sites for hydroxylation is 1. The Kier molecular flexibility index (Phi) is 4.16. The molecule has 5 nitrogen and oxygen atoms in total. The highest BCUT2D eigenvalue weighted by Crippen LogP contribution is 2.29. The molecule has 19 heavy (non-hydrogen) atoms. The molecule has 0 aromatic heterocycles. The van der Waals surface area contributed by atoms with Crippen molar-refractivity contribution in [2.45, 2.75) is 37.8 Å². The third kappa shape index (κ3) is 3.32. The number of carbonyl (C=O) groups excluding carboxylic acids is 1. The summed E-state index contributed by atoms with van der Waals surface area (Å²) in [5.74, 6) is -1.46. The van der Waals surface area contributed by atoms with E-state index in [1.54, 1.807) is 0 Å². The molecule has 5 heteroatoms. The van der Waals surface area contributed by atoms with E-state index in [-0.39, 0.29) is 18.4 Å². The van der Waals surface area contributed by atoms with E-state index in [2.05, 4.69) is 11.4 Å². The van der Waals surface area contributed by atoms with Crippen LogP contribution in [0.5, 0.6) is 0 Å². The molecule has 1 aliphatic carbocycles. The lowest BCUT2D eigenvalue weighted by Crippen LogP contribution is -2.38. The van der Waals surface area contributed by atoms with Crippen molar-refractivity contribution >= 4 is 11.9 Å². The van der Waals surface area contributed by atoms with E-state index in [1.807, 2.05) is 18.2 Å². The summed E-state index contributed by atoms with van der Waals surface area (Å²) in [6.45, 7) is 0. The zero-order chi connectivity index (χ0) is 13.8. The number of nitrogens with two attached hydrogens (primary N) is 1. The normalized spacial score (nSPS) is 19.3. The molecular formula is C14H18N2O3. The van der Waals surface area contributed by atoms with E-state index in [0.717, 1.165) is 24.8 Å². The lowest BCUT2D eigenvalue weighted by Gasteiger charge is -2.26. The first-order valence-electron chi connectivity index (χ1n) is 6.43. The highest BCUT2D eigenvalue weighted by Gasteiger charge is 2.23. The van der Waals surface area contributed by atoms with Gasteiger partial charge in [-0.1, -0.05) is 24.3 Å². The molecule has 0 spiro atoms. The fourth-order valence-corrected chi connectivity index (χ4v) is 2.44. The van der Waals surface area contributed by atoms with Gasteiger partial charge in [-0.05, 0) is 30.4 Å². The van der Waals surface area contributed by atoms with Crippen molar-refractivity contribution in [2.24, 2.45) is 5.73 Å². The predicted molar refractivity (Wildman–Crippen MR) is 70.5 cm³/mol. The summed E-state index contributed by atoms with van der Waals surface area (Å²) in [5.41, 5.74) is 7.74. The molecule has 0 fully saturated rings. The zero-order valence-corrected chi connectivity index (χ0v) is 10.6. The van der Waals surface area contributed by atoms with Crippen LogP contribution in [-0.4, -0.2) is 23.0 Å². The summed E-state index contributed by atoms with van der Waals surface area (Å²) in [7, 11) is 0. The highest BCUT2D eigenvalue weighted by atomic mass is 16.4. The quantitative estimate of drug-likeness (QED) is 0.754. The second-order valence-corrected chi connectivity index (χ2v) is 4.86.